The number of non-ortho nitro benzene ring substituents is 1. The Morgan fingerprint density at radius 3 is 2.48 bits per heavy atom. The number of nitrogens with one attached hydrogen (secondary N) is 1. The first-order valence-electron chi connectivity index (χ1n) is 7.22. The lowest BCUT2D eigenvalue weighted by atomic mass is 10.2. The number of amides is 1. The van der Waals surface area contributed by atoms with Crippen LogP contribution < -0.4 is 5.32 Å². The first-order chi connectivity index (χ1) is 10.7. The molecule has 0 aliphatic rings. The minimum absolute atomic E-state index is 0.00332. The zero-order chi connectivity index (χ0) is 17.6. The van der Waals surface area contributed by atoms with Crippen molar-refractivity contribution in [2.45, 2.75) is 37.6 Å². The van der Waals surface area contributed by atoms with E-state index in [9.17, 15) is 23.3 Å². The van der Waals surface area contributed by atoms with Gasteiger partial charge in [0.1, 0.15) is 0 Å². The van der Waals surface area contributed by atoms with E-state index in [0.717, 1.165) is 23.2 Å². The molecule has 23 heavy (non-hydrogen) atoms. The fourth-order valence-electron chi connectivity index (χ4n) is 1.99. The quantitative estimate of drug-likeness (QED) is 0.568. The molecule has 128 valence electrons. The van der Waals surface area contributed by atoms with Gasteiger partial charge in [0.2, 0.25) is 15.9 Å². The molecule has 1 aromatic carbocycles. The number of nitro benzene ring substituents is 1. The zero-order valence-corrected chi connectivity index (χ0v) is 14.2. The molecule has 8 nitrogen and oxygen atoms in total. The Morgan fingerprint density at radius 2 is 1.96 bits per heavy atom. The molecule has 0 spiro atoms. The summed E-state index contributed by atoms with van der Waals surface area (Å²) < 4.78 is 25.7. The van der Waals surface area contributed by atoms with Gasteiger partial charge in [0, 0.05) is 25.2 Å². The number of hydrogen-bond acceptors (Lipinski definition) is 5. The summed E-state index contributed by atoms with van der Waals surface area (Å²) in [5.41, 5.74) is -0.319. The van der Waals surface area contributed by atoms with Crippen LogP contribution in [0.15, 0.2) is 29.2 Å². The van der Waals surface area contributed by atoms with Crippen LogP contribution in [0, 0.1) is 10.1 Å². The van der Waals surface area contributed by atoms with Crippen LogP contribution in [0.25, 0.3) is 0 Å². The Hall–Kier alpha value is -2.00. The molecule has 1 N–H and O–H groups in total. The van der Waals surface area contributed by atoms with Gasteiger partial charge in [0.25, 0.3) is 5.69 Å². The summed E-state index contributed by atoms with van der Waals surface area (Å²) >= 11 is 0. The topological polar surface area (TPSA) is 110 Å². The third-order valence-electron chi connectivity index (χ3n) is 3.45. The Bertz CT molecular complexity index is 671. The van der Waals surface area contributed by atoms with Gasteiger partial charge in [-0.1, -0.05) is 19.9 Å². The van der Waals surface area contributed by atoms with Gasteiger partial charge in [0.15, 0.2) is 0 Å². The van der Waals surface area contributed by atoms with Crippen molar-refractivity contribution >= 4 is 21.6 Å². The van der Waals surface area contributed by atoms with E-state index < -0.39 is 20.9 Å². The number of benzene rings is 1. The fourth-order valence-corrected chi connectivity index (χ4v) is 3.16. The van der Waals surface area contributed by atoms with Gasteiger partial charge in [-0.3, -0.25) is 14.9 Å². The van der Waals surface area contributed by atoms with Gasteiger partial charge in [-0.15, -0.1) is 0 Å². The van der Waals surface area contributed by atoms with Crippen LogP contribution in [0.3, 0.4) is 0 Å². The third kappa shape index (κ3) is 5.00. The zero-order valence-electron chi connectivity index (χ0n) is 13.4. The van der Waals surface area contributed by atoms with Crippen LogP contribution >= 0.6 is 0 Å². The van der Waals surface area contributed by atoms with Gasteiger partial charge < -0.3 is 5.32 Å². The second-order valence-electron chi connectivity index (χ2n) is 5.10. The van der Waals surface area contributed by atoms with Gasteiger partial charge in [0.05, 0.1) is 16.4 Å². The highest BCUT2D eigenvalue weighted by Crippen LogP contribution is 2.20. The van der Waals surface area contributed by atoms with Crippen LogP contribution in [0.1, 0.15) is 26.7 Å². The molecule has 9 heteroatoms. The van der Waals surface area contributed by atoms with Crippen LogP contribution in [0.5, 0.6) is 0 Å². The second kappa shape index (κ2) is 8.02. The van der Waals surface area contributed by atoms with Crippen LogP contribution in [0.4, 0.5) is 5.69 Å². The fraction of sp³-hybridized carbons (Fsp3) is 0.500. The van der Waals surface area contributed by atoms with Crippen LogP contribution in [0.2, 0.25) is 0 Å². The van der Waals surface area contributed by atoms with Crippen LogP contribution in [-0.4, -0.2) is 43.2 Å². The van der Waals surface area contributed by atoms with E-state index in [1.807, 2.05) is 13.8 Å². The van der Waals surface area contributed by atoms with Crippen molar-refractivity contribution < 1.29 is 18.1 Å². The molecule has 0 unspecified atom stereocenters. The number of sulfonamides is 1. The molecule has 0 atom stereocenters. The Morgan fingerprint density at radius 1 is 1.35 bits per heavy atom. The average Bonchev–Trinajstić information content (AvgIpc) is 2.52. The van der Waals surface area contributed by atoms with Gasteiger partial charge in [-0.25, -0.2) is 8.42 Å². The second-order valence-corrected chi connectivity index (χ2v) is 7.14. The molecule has 0 aliphatic heterocycles. The maximum atomic E-state index is 12.4. The molecule has 0 saturated heterocycles. The molecule has 0 radical (unpaired) electrons. The summed E-state index contributed by atoms with van der Waals surface area (Å²) in [7, 11) is -2.71. The van der Waals surface area contributed by atoms with Crippen molar-refractivity contribution in [3.63, 3.8) is 0 Å². The summed E-state index contributed by atoms with van der Waals surface area (Å²) in [5.74, 6) is -0.407. The molecule has 1 amide bonds. The number of carbonyl (C=O) groups excluding carboxylic acids is 1. The maximum Gasteiger partial charge on any atom is 0.270 e. The van der Waals surface area contributed by atoms with Crippen molar-refractivity contribution in [1.29, 1.82) is 0 Å². The highest BCUT2D eigenvalue weighted by atomic mass is 32.2. The lowest BCUT2D eigenvalue weighted by molar-refractivity contribution is -0.385. The van der Waals surface area contributed by atoms with E-state index in [0.29, 0.717) is 0 Å². The summed E-state index contributed by atoms with van der Waals surface area (Å²) in [6, 6.07) is 4.74. The highest BCUT2D eigenvalue weighted by molar-refractivity contribution is 7.89. The minimum atomic E-state index is -3.97. The lowest BCUT2D eigenvalue weighted by Crippen LogP contribution is -2.42. The lowest BCUT2D eigenvalue weighted by Gasteiger charge is -2.19. The van der Waals surface area contributed by atoms with E-state index in [1.165, 1.54) is 25.2 Å². The molecule has 0 heterocycles. The third-order valence-corrected chi connectivity index (χ3v) is 5.25. The Balaban J connectivity index is 2.89. The predicted octanol–water partition coefficient (Wildman–Crippen LogP) is 1.52. The van der Waals surface area contributed by atoms with Crippen molar-refractivity contribution in [3.05, 3.63) is 34.4 Å². The number of hydrogen-bond donors (Lipinski definition) is 1. The van der Waals surface area contributed by atoms with E-state index in [1.54, 1.807) is 0 Å². The van der Waals surface area contributed by atoms with Crippen molar-refractivity contribution in [2.75, 3.05) is 13.6 Å². The van der Waals surface area contributed by atoms with Gasteiger partial charge in [-0.2, -0.15) is 4.31 Å². The summed E-state index contributed by atoms with van der Waals surface area (Å²) in [4.78, 5) is 21.8. The molecular formula is C14H21N3O5S. The standard InChI is InChI=1S/C14H21N3O5S/c1-4-11(5-2)15-14(18)10-16(3)23(21,22)13-8-6-7-12(9-13)17(19)20/h6-9,11H,4-5,10H2,1-3H3,(H,15,18). The SMILES string of the molecule is CCC(CC)NC(=O)CN(C)S(=O)(=O)c1cccc([N+](=O)[O-])c1. The number of carbonyl (C=O) groups is 1. The summed E-state index contributed by atoms with van der Waals surface area (Å²) in [6.07, 6.45) is 1.51. The smallest absolute Gasteiger partial charge is 0.270 e. The molecule has 0 aromatic heterocycles. The summed E-state index contributed by atoms with van der Waals surface area (Å²) in [5, 5.41) is 13.5. The van der Waals surface area contributed by atoms with E-state index in [2.05, 4.69) is 5.32 Å². The van der Waals surface area contributed by atoms with Crippen molar-refractivity contribution in [2.24, 2.45) is 0 Å². The van der Waals surface area contributed by atoms with E-state index in [-0.39, 0.29) is 23.2 Å². The molecule has 0 saturated carbocycles. The van der Waals surface area contributed by atoms with Gasteiger partial charge >= 0.3 is 0 Å². The van der Waals surface area contributed by atoms with E-state index in [4.69, 9.17) is 0 Å². The molecule has 0 fully saturated rings. The highest BCUT2D eigenvalue weighted by Gasteiger charge is 2.25. The van der Waals surface area contributed by atoms with Crippen LogP contribution in [-0.2, 0) is 14.8 Å². The monoisotopic (exact) mass is 343 g/mol. The Labute approximate surface area is 135 Å². The average molecular weight is 343 g/mol. The normalized spacial score (nSPS) is 11.7. The molecule has 1 aromatic rings. The number of nitro groups is 1. The van der Waals surface area contributed by atoms with Crippen molar-refractivity contribution in [3.8, 4) is 0 Å². The largest absolute Gasteiger partial charge is 0.352 e. The minimum Gasteiger partial charge on any atom is -0.352 e. The van der Waals surface area contributed by atoms with Crippen molar-refractivity contribution in [1.82, 2.24) is 9.62 Å². The number of nitrogens with zero attached hydrogens (tertiary/aromatic N) is 2. The number of rotatable bonds is 8. The maximum absolute atomic E-state index is 12.4. The first kappa shape index (κ1) is 19.0. The molecule has 1 rings (SSSR count). The van der Waals surface area contributed by atoms with E-state index >= 15 is 0 Å². The summed E-state index contributed by atoms with van der Waals surface area (Å²) in [6.45, 7) is 3.51. The predicted molar refractivity (Wildman–Crippen MR) is 85.4 cm³/mol. The molecule has 0 bridgehead atoms. The van der Waals surface area contributed by atoms with Gasteiger partial charge in [-0.05, 0) is 18.9 Å². The number of likely N-dealkylation sites (N-methyl/N-ethyl adjacent to an activating group) is 1. The first-order valence-corrected chi connectivity index (χ1v) is 8.66. The Kier molecular flexibility index (Phi) is 6.64. The molecular weight excluding hydrogens is 322 g/mol. The molecule has 0 aliphatic carbocycles.